The average molecular weight is 152 g/mol. The third-order valence-corrected chi connectivity index (χ3v) is 1.78. The summed E-state index contributed by atoms with van der Waals surface area (Å²) in [5.41, 5.74) is 1.76. The van der Waals surface area contributed by atoms with Crippen molar-refractivity contribution in [2.75, 3.05) is 0 Å². The van der Waals surface area contributed by atoms with E-state index in [-0.39, 0.29) is 5.78 Å². The van der Waals surface area contributed by atoms with Gasteiger partial charge in [0.2, 0.25) is 0 Å². The van der Waals surface area contributed by atoms with Crippen LogP contribution in [0.5, 0.6) is 0 Å². The molecule has 0 atom stereocenters. The van der Waals surface area contributed by atoms with Gasteiger partial charge in [0.05, 0.1) is 11.8 Å². The van der Waals surface area contributed by atoms with Crippen LogP contribution in [0, 0.1) is 0 Å². The van der Waals surface area contributed by atoms with Gasteiger partial charge in [0, 0.05) is 12.7 Å². The van der Waals surface area contributed by atoms with Crippen molar-refractivity contribution in [1.29, 1.82) is 0 Å². The number of aromatic nitrogens is 2. The second-order valence-corrected chi connectivity index (χ2v) is 2.54. The third-order valence-electron chi connectivity index (χ3n) is 1.78. The highest BCUT2D eigenvalue weighted by atomic mass is 16.1. The maximum absolute atomic E-state index is 11.0. The average Bonchev–Trinajstić information content (AvgIpc) is 2.30. The molecule has 1 rings (SSSR count). The van der Waals surface area contributed by atoms with E-state index in [9.17, 15) is 4.79 Å². The van der Waals surface area contributed by atoms with E-state index >= 15 is 0 Å². The SMILES string of the molecule is CCc1c(C(C)=O)cnn1C. The van der Waals surface area contributed by atoms with Crippen LogP contribution in [0.2, 0.25) is 0 Å². The van der Waals surface area contributed by atoms with Crippen molar-refractivity contribution in [2.24, 2.45) is 7.05 Å². The Morgan fingerprint density at radius 2 is 2.36 bits per heavy atom. The summed E-state index contributed by atoms with van der Waals surface area (Å²) in [7, 11) is 1.85. The quantitative estimate of drug-likeness (QED) is 0.596. The predicted octanol–water partition coefficient (Wildman–Crippen LogP) is 1.19. The van der Waals surface area contributed by atoms with Crippen LogP contribution >= 0.6 is 0 Å². The van der Waals surface area contributed by atoms with Crippen LogP contribution in [0.4, 0.5) is 0 Å². The van der Waals surface area contributed by atoms with E-state index < -0.39 is 0 Å². The minimum Gasteiger partial charge on any atom is -0.294 e. The zero-order chi connectivity index (χ0) is 8.43. The number of hydrogen-bond acceptors (Lipinski definition) is 2. The van der Waals surface area contributed by atoms with Crippen LogP contribution in [-0.2, 0) is 13.5 Å². The van der Waals surface area contributed by atoms with Gasteiger partial charge in [-0.3, -0.25) is 9.48 Å². The highest BCUT2D eigenvalue weighted by Crippen LogP contribution is 2.08. The fourth-order valence-corrected chi connectivity index (χ4v) is 1.18. The Kier molecular flexibility index (Phi) is 2.08. The zero-order valence-corrected chi connectivity index (χ0v) is 7.09. The lowest BCUT2D eigenvalue weighted by Gasteiger charge is -1.98. The Bertz CT molecular complexity index is 276. The smallest absolute Gasteiger partial charge is 0.163 e. The van der Waals surface area contributed by atoms with E-state index in [0.717, 1.165) is 17.7 Å². The van der Waals surface area contributed by atoms with Crippen LogP contribution < -0.4 is 0 Å². The number of hydrogen-bond donors (Lipinski definition) is 0. The van der Waals surface area contributed by atoms with Crippen molar-refractivity contribution in [3.8, 4) is 0 Å². The first kappa shape index (κ1) is 7.98. The van der Waals surface area contributed by atoms with Crippen molar-refractivity contribution in [3.63, 3.8) is 0 Å². The van der Waals surface area contributed by atoms with E-state index in [1.54, 1.807) is 17.8 Å². The minimum absolute atomic E-state index is 0.0925. The molecule has 60 valence electrons. The maximum Gasteiger partial charge on any atom is 0.163 e. The van der Waals surface area contributed by atoms with Crippen LogP contribution in [0.25, 0.3) is 0 Å². The molecule has 0 aliphatic rings. The summed E-state index contributed by atoms with van der Waals surface area (Å²) < 4.78 is 1.75. The van der Waals surface area contributed by atoms with Gasteiger partial charge >= 0.3 is 0 Å². The number of rotatable bonds is 2. The molecule has 0 N–H and O–H groups in total. The van der Waals surface area contributed by atoms with Crippen LogP contribution in [0.3, 0.4) is 0 Å². The number of nitrogens with zero attached hydrogens (tertiary/aromatic N) is 2. The summed E-state index contributed by atoms with van der Waals surface area (Å²) in [5.74, 6) is 0.0925. The van der Waals surface area contributed by atoms with E-state index in [0.29, 0.717) is 0 Å². The Balaban J connectivity index is 3.15. The normalized spacial score (nSPS) is 10.1. The molecule has 1 aromatic rings. The summed E-state index contributed by atoms with van der Waals surface area (Å²) in [5, 5.41) is 4.00. The van der Waals surface area contributed by atoms with Gasteiger partial charge in [-0.1, -0.05) is 6.92 Å². The molecule has 0 saturated carbocycles. The molecular weight excluding hydrogens is 140 g/mol. The Morgan fingerprint density at radius 3 is 2.73 bits per heavy atom. The molecule has 0 amide bonds. The molecule has 1 heterocycles. The number of aryl methyl sites for hydroxylation is 1. The van der Waals surface area contributed by atoms with Gasteiger partial charge in [0.1, 0.15) is 0 Å². The van der Waals surface area contributed by atoms with Gasteiger partial charge in [-0.2, -0.15) is 5.10 Å². The number of Topliss-reactive ketones (excluding diaryl/α,β-unsaturated/α-hetero) is 1. The highest BCUT2D eigenvalue weighted by molar-refractivity contribution is 5.94. The van der Waals surface area contributed by atoms with Crippen LogP contribution in [-0.4, -0.2) is 15.6 Å². The van der Waals surface area contributed by atoms with E-state index in [4.69, 9.17) is 0 Å². The van der Waals surface area contributed by atoms with Gasteiger partial charge in [-0.25, -0.2) is 0 Å². The van der Waals surface area contributed by atoms with Crippen LogP contribution in [0.1, 0.15) is 29.9 Å². The molecule has 0 radical (unpaired) electrons. The molecule has 0 fully saturated rings. The molecule has 0 unspecified atom stereocenters. The van der Waals surface area contributed by atoms with Crippen molar-refractivity contribution < 1.29 is 4.79 Å². The molecule has 0 aliphatic carbocycles. The number of carbonyl (C=O) groups is 1. The Labute approximate surface area is 66.0 Å². The first-order valence-corrected chi connectivity index (χ1v) is 3.68. The van der Waals surface area contributed by atoms with Crippen molar-refractivity contribution in [2.45, 2.75) is 20.3 Å². The van der Waals surface area contributed by atoms with Crippen LogP contribution in [0.15, 0.2) is 6.20 Å². The molecule has 1 aromatic heterocycles. The fourth-order valence-electron chi connectivity index (χ4n) is 1.18. The summed E-state index contributed by atoms with van der Waals surface area (Å²) in [4.78, 5) is 11.0. The van der Waals surface area contributed by atoms with Gasteiger partial charge in [0.15, 0.2) is 5.78 Å². The topological polar surface area (TPSA) is 34.9 Å². The molecule has 3 nitrogen and oxygen atoms in total. The summed E-state index contributed by atoms with van der Waals surface area (Å²) in [6.07, 6.45) is 2.48. The second kappa shape index (κ2) is 2.86. The largest absolute Gasteiger partial charge is 0.294 e. The molecule has 0 spiro atoms. The lowest BCUT2D eigenvalue weighted by atomic mass is 10.1. The van der Waals surface area contributed by atoms with Crippen molar-refractivity contribution in [1.82, 2.24) is 9.78 Å². The van der Waals surface area contributed by atoms with Gasteiger partial charge in [-0.05, 0) is 13.3 Å². The number of ketones is 1. The first-order valence-electron chi connectivity index (χ1n) is 3.68. The minimum atomic E-state index is 0.0925. The first-order chi connectivity index (χ1) is 5.16. The molecule has 0 bridgehead atoms. The predicted molar refractivity (Wildman–Crippen MR) is 42.6 cm³/mol. The standard InChI is InChI=1S/C8H12N2O/c1-4-8-7(6(2)11)5-9-10(8)3/h5H,4H2,1-3H3. The molecule has 11 heavy (non-hydrogen) atoms. The van der Waals surface area contributed by atoms with E-state index in [2.05, 4.69) is 5.10 Å². The summed E-state index contributed by atoms with van der Waals surface area (Å²) in [6, 6.07) is 0. The Hall–Kier alpha value is -1.12. The number of carbonyl (C=O) groups excluding carboxylic acids is 1. The highest BCUT2D eigenvalue weighted by Gasteiger charge is 2.09. The van der Waals surface area contributed by atoms with Gasteiger partial charge in [-0.15, -0.1) is 0 Å². The van der Waals surface area contributed by atoms with E-state index in [1.807, 2.05) is 14.0 Å². The fraction of sp³-hybridized carbons (Fsp3) is 0.500. The molecular formula is C8H12N2O. The Morgan fingerprint density at radius 1 is 1.73 bits per heavy atom. The summed E-state index contributed by atoms with van der Waals surface area (Å²) in [6.45, 7) is 3.58. The molecule has 0 aliphatic heterocycles. The van der Waals surface area contributed by atoms with Gasteiger partial charge in [0.25, 0.3) is 0 Å². The molecule has 0 aromatic carbocycles. The summed E-state index contributed by atoms with van der Waals surface area (Å²) >= 11 is 0. The van der Waals surface area contributed by atoms with Crippen molar-refractivity contribution >= 4 is 5.78 Å². The molecule has 3 heteroatoms. The molecule has 0 saturated heterocycles. The maximum atomic E-state index is 11.0. The second-order valence-electron chi connectivity index (χ2n) is 2.54. The van der Waals surface area contributed by atoms with Crippen molar-refractivity contribution in [3.05, 3.63) is 17.5 Å². The van der Waals surface area contributed by atoms with Gasteiger partial charge < -0.3 is 0 Å². The zero-order valence-electron chi connectivity index (χ0n) is 7.09. The third kappa shape index (κ3) is 1.31. The monoisotopic (exact) mass is 152 g/mol. The van der Waals surface area contributed by atoms with E-state index in [1.165, 1.54) is 0 Å². The lowest BCUT2D eigenvalue weighted by molar-refractivity contribution is 0.101. The lowest BCUT2D eigenvalue weighted by Crippen LogP contribution is -2.01.